The number of aliphatic hydroxyl groups is 1. The highest BCUT2D eigenvalue weighted by atomic mass is 16.5. The molecule has 0 amide bonds. The number of carbonyl (C=O) groups excluding carboxylic acids is 2. The van der Waals surface area contributed by atoms with Gasteiger partial charge in [-0.3, -0.25) is 4.79 Å². The average Bonchev–Trinajstić information content (AvgIpc) is 2.35. The summed E-state index contributed by atoms with van der Waals surface area (Å²) in [6.07, 6.45) is 6.63. The van der Waals surface area contributed by atoms with Gasteiger partial charge in [-0.2, -0.15) is 0 Å². The molecule has 23 heavy (non-hydrogen) atoms. The number of carboxylic acids is 1. The predicted molar refractivity (Wildman–Crippen MR) is 86.2 cm³/mol. The number of carbonyl (C=O) groups is 2. The minimum Gasteiger partial charge on any atom is -0.550 e. The lowest BCUT2D eigenvalue weighted by Gasteiger charge is -2.29. The Kier molecular flexibility index (Phi) is 10.2. The smallest absolute Gasteiger partial charge is 0.308 e. The lowest BCUT2D eigenvalue weighted by molar-refractivity contribution is -0.873. The Morgan fingerprint density at radius 1 is 1.22 bits per heavy atom. The number of carboxylic acid groups (broad SMARTS) is 1. The van der Waals surface area contributed by atoms with Gasteiger partial charge in [-0.15, -0.1) is 0 Å². The molecule has 0 spiro atoms. The van der Waals surface area contributed by atoms with Crippen molar-refractivity contribution < 1.29 is 29.0 Å². The Hall–Kier alpha value is -1.66. The zero-order chi connectivity index (χ0) is 17.9. The molecule has 1 N–H and O–H groups in total. The number of quaternary nitrogens is 1. The second-order valence-corrected chi connectivity index (χ2v) is 6.55. The van der Waals surface area contributed by atoms with E-state index >= 15 is 0 Å². The number of rotatable bonds is 11. The summed E-state index contributed by atoms with van der Waals surface area (Å²) in [4.78, 5) is 22.6. The normalized spacial score (nSPS) is 15.0. The molecule has 0 fully saturated rings. The standard InChI is InChI=1S/C17H29NO5/c1-5-6-7-8-9-10-14(19)11-17(22)23-15(12-16(20)21)13-18(2,3)4/h5-8,14-15,19H,9-13H2,1-4H3/b6-5+,8-7+. The van der Waals surface area contributed by atoms with Gasteiger partial charge < -0.3 is 24.2 Å². The van der Waals surface area contributed by atoms with E-state index in [9.17, 15) is 19.8 Å². The van der Waals surface area contributed by atoms with Crippen LogP contribution < -0.4 is 5.11 Å². The molecule has 0 aliphatic carbocycles. The van der Waals surface area contributed by atoms with Crippen LogP contribution in [0.4, 0.5) is 0 Å². The SMILES string of the molecule is C/C=C/C=C/CCC(O)CC(=O)OC(CC(=O)[O-])C[N+](C)(C)C. The summed E-state index contributed by atoms with van der Waals surface area (Å²) in [5.41, 5.74) is 0. The molecule has 0 aromatic rings. The van der Waals surface area contributed by atoms with E-state index in [-0.39, 0.29) is 12.8 Å². The number of hydrogen-bond acceptors (Lipinski definition) is 5. The molecule has 0 bridgehead atoms. The lowest BCUT2D eigenvalue weighted by atomic mass is 10.1. The van der Waals surface area contributed by atoms with Crippen LogP contribution in [-0.2, 0) is 14.3 Å². The van der Waals surface area contributed by atoms with Crippen LogP contribution in [0.5, 0.6) is 0 Å². The monoisotopic (exact) mass is 327 g/mol. The van der Waals surface area contributed by atoms with Gasteiger partial charge in [-0.1, -0.05) is 24.3 Å². The van der Waals surface area contributed by atoms with Crippen LogP contribution in [0.25, 0.3) is 0 Å². The zero-order valence-corrected chi connectivity index (χ0v) is 14.5. The number of aliphatic carboxylic acids is 1. The molecule has 0 radical (unpaired) electrons. The summed E-state index contributed by atoms with van der Waals surface area (Å²) >= 11 is 0. The van der Waals surface area contributed by atoms with Gasteiger partial charge in [0.15, 0.2) is 6.10 Å². The minimum absolute atomic E-state index is 0.141. The van der Waals surface area contributed by atoms with Crippen molar-refractivity contribution >= 4 is 11.9 Å². The van der Waals surface area contributed by atoms with Gasteiger partial charge in [0.2, 0.25) is 0 Å². The van der Waals surface area contributed by atoms with Gasteiger partial charge in [-0.25, -0.2) is 0 Å². The van der Waals surface area contributed by atoms with Crippen molar-refractivity contribution in [1.29, 1.82) is 0 Å². The van der Waals surface area contributed by atoms with Crippen molar-refractivity contribution in [1.82, 2.24) is 0 Å². The molecule has 6 nitrogen and oxygen atoms in total. The third-order valence-corrected chi connectivity index (χ3v) is 2.95. The van der Waals surface area contributed by atoms with Crippen molar-refractivity contribution in [3.05, 3.63) is 24.3 Å². The molecular weight excluding hydrogens is 298 g/mol. The number of hydrogen-bond donors (Lipinski definition) is 1. The van der Waals surface area contributed by atoms with Crippen molar-refractivity contribution in [2.75, 3.05) is 27.7 Å². The molecule has 2 atom stereocenters. The van der Waals surface area contributed by atoms with E-state index in [2.05, 4.69) is 0 Å². The van der Waals surface area contributed by atoms with Crippen molar-refractivity contribution in [3.63, 3.8) is 0 Å². The molecule has 0 aromatic heterocycles. The molecule has 2 unspecified atom stereocenters. The van der Waals surface area contributed by atoms with Gasteiger partial charge in [0, 0.05) is 12.4 Å². The van der Waals surface area contributed by atoms with Crippen molar-refractivity contribution in [2.45, 2.75) is 44.8 Å². The summed E-state index contributed by atoms with van der Waals surface area (Å²) < 4.78 is 5.65. The van der Waals surface area contributed by atoms with E-state index < -0.39 is 24.1 Å². The van der Waals surface area contributed by atoms with Gasteiger partial charge >= 0.3 is 5.97 Å². The molecule has 0 aliphatic heterocycles. The molecular formula is C17H29NO5. The minimum atomic E-state index is -1.26. The van der Waals surface area contributed by atoms with Crippen molar-refractivity contribution in [2.24, 2.45) is 0 Å². The van der Waals surface area contributed by atoms with E-state index in [0.717, 1.165) is 0 Å². The predicted octanol–water partition coefficient (Wildman–Crippen LogP) is 0.408. The number of ether oxygens (including phenoxy) is 1. The molecule has 0 saturated carbocycles. The highest BCUT2D eigenvalue weighted by Crippen LogP contribution is 2.09. The first-order chi connectivity index (χ1) is 10.6. The summed E-state index contributed by atoms with van der Waals surface area (Å²) in [5, 5.41) is 20.6. The molecule has 0 saturated heterocycles. The van der Waals surface area contributed by atoms with E-state index in [0.29, 0.717) is 23.9 Å². The molecule has 0 rings (SSSR count). The first-order valence-electron chi connectivity index (χ1n) is 7.79. The Morgan fingerprint density at radius 2 is 1.87 bits per heavy atom. The maximum atomic E-state index is 11.8. The van der Waals surface area contributed by atoms with Crippen molar-refractivity contribution in [3.8, 4) is 0 Å². The highest BCUT2D eigenvalue weighted by Gasteiger charge is 2.23. The third kappa shape index (κ3) is 13.7. The first kappa shape index (κ1) is 21.3. The van der Waals surface area contributed by atoms with Crippen LogP contribution in [0, 0.1) is 0 Å². The Balaban J connectivity index is 4.31. The van der Waals surface area contributed by atoms with Gasteiger partial charge in [0.1, 0.15) is 6.54 Å². The van der Waals surface area contributed by atoms with Gasteiger partial charge in [0.05, 0.1) is 33.7 Å². The molecule has 0 aliphatic rings. The van der Waals surface area contributed by atoms with Crippen LogP contribution in [0.3, 0.4) is 0 Å². The topological polar surface area (TPSA) is 86.7 Å². The average molecular weight is 327 g/mol. The van der Waals surface area contributed by atoms with Crippen LogP contribution >= 0.6 is 0 Å². The Morgan fingerprint density at radius 3 is 2.39 bits per heavy atom. The molecule has 132 valence electrons. The lowest BCUT2D eigenvalue weighted by Crippen LogP contribution is -2.45. The van der Waals surface area contributed by atoms with E-state index in [4.69, 9.17) is 4.74 Å². The highest BCUT2D eigenvalue weighted by molar-refractivity contribution is 5.71. The van der Waals surface area contributed by atoms with Crippen LogP contribution in [0.1, 0.15) is 32.6 Å². The van der Waals surface area contributed by atoms with E-state index in [1.165, 1.54) is 0 Å². The zero-order valence-electron chi connectivity index (χ0n) is 14.5. The quantitative estimate of drug-likeness (QED) is 0.337. The first-order valence-corrected chi connectivity index (χ1v) is 7.79. The van der Waals surface area contributed by atoms with E-state index in [1.807, 2.05) is 52.4 Å². The summed E-state index contributed by atoms with van der Waals surface area (Å²) in [6.45, 7) is 2.27. The number of aliphatic hydroxyl groups excluding tert-OH is 1. The molecule has 6 heteroatoms. The van der Waals surface area contributed by atoms with Crippen LogP contribution in [0.2, 0.25) is 0 Å². The third-order valence-electron chi connectivity index (χ3n) is 2.95. The molecule has 0 aromatic carbocycles. The Bertz CT molecular complexity index is 423. The maximum Gasteiger partial charge on any atom is 0.308 e. The van der Waals surface area contributed by atoms with Gasteiger partial charge in [0.25, 0.3) is 0 Å². The fourth-order valence-corrected chi connectivity index (χ4v) is 2.04. The van der Waals surface area contributed by atoms with Crippen LogP contribution in [0.15, 0.2) is 24.3 Å². The fraction of sp³-hybridized carbons (Fsp3) is 0.647. The fourth-order valence-electron chi connectivity index (χ4n) is 2.04. The second kappa shape index (κ2) is 11.0. The largest absolute Gasteiger partial charge is 0.550 e. The Labute approximate surface area is 138 Å². The summed E-state index contributed by atoms with van der Waals surface area (Å²) in [5.74, 6) is -1.85. The summed E-state index contributed by atoms with van der Waals surface area (Å²) in [7, 11) is 5.63. The number of nitrogens with zero attached hydrogens (tertiary/aromatic N) is 1. The number of likely N-dealkylation sites (N-methyl/N-ethyl adjacent to an activating group) is 1. The molecule has 0 heterocycles. The number of allylic oxidation sites excluding steroid dienone is 4. The van der Waals surface area contributed by atoms with Gasteiger partial charge in [-0.05, 0) is 19.8 Å². The summed E-state index contributed by atoms with van der Waals surface area (Å²) in [6, 6.07) is 0. The second-order valence-electron chi connectivity index (χ2n) is 6.55. The number of esters is 1. The van der Waals surface area contributed by atoms with E-state index in [1.54, 1.807) is 0 Å². The van der Waals surface area contributed by atoms with Crippen LogP contribution in [-0.4, -0.2) is 61.4 Å². The maximum absolute atomic E-state index is 11.8.